The second-order valence-corrected chi connectivity index (χ2v) is 6.03. The summed E-state index contributed by atoms with van der Waals surface area (Å²) < 4.78 is 13.0. The van der Waals surface area contributed by atoms with Crippen LogP contribution >= 0.6 is 11.3 Å². The van der Waals surface area contributed by atoms with Gasteiger partial charge in [-0.15, -0.1) is 11.3 Å². The highest BCUT2D eigenvalue weighted by Gasteiger charge is 2.15. The molecule has 0 radical (unpaired) electrons. The number of hydrogen-bond acceptors (Lipinski definition) is 4. The molecule has 0 saturated heterocycles. The molecule has 4 nitrogen and oxygen atoms in total. The van der Waals surface area contributed by atoms with Crippen molar-refractivity contribution in [3.8, 4) is 11.3 Å². The molecule has 2 aromatic rings. The third-order valence-corrected chi connectivity index (χ3v) is 4.17. The Balaban J connectivity index is 2.21. The van der Waals surface area contributed by atoms with Gasteiger partial charge in [-0.2, -0.15) is 0 Å². The Labute approximate surface area is 156 Å². The second-order valence-electron chi connectivity index (χ2n) is 5.17. The van der Waals surface area contributed by atoms with Crippen LogP contribution in [0.15, 0.2) is 77.9 Å². The first-order valence-electron chi connectivity index (χ1n) is 7.95. The van der Waals surface area contributed by atoms with Crippen LogP contribution in [-0.2, 0) is 4.79 Å². The predicted molar refractivity (Wildman–Crippen MR) is 106 cm³/mol. The lowest BCUT2D eigenvalue weighted by atomic mass is 10.1. The molecule has 0 bridgehead atoms. The zero-order valence-corrected chi connectivity index (χ0v) is 15.4. The first kappa shape index (κ1) is 19.3. The lowest BCUT2D eigenvalue weighted by Gasteiger charge is -2.10. The van der Waals surface area contributed by atoms with Crippen LogP contribution in [-0.4, -0.2) is 17.9 Å². The third-order valence-electron chi connectivity index (χ3n) is 3.41. The van der Waals surface area contributed by atoms with Crippen molar-refractivity contribution in [2.75, 3.05) is 12.4 Å². The van der Waals surface area contributed by atoms with Crippen LogP contribution in [0, 0.1) is 5.82 Å². The molecule has 2 rings (SSSR count). The molecule has 1 aromatic heterocycles. The fraction of sp³-hybridized carbons (Fsp3) is 0.100. The highest BCUT2D eigenvalue weighted by Crippen LogP contribution is 2.25. The maximum Gasteiger partial charge on any atom is 0.259 e. The number of nitrogens with zero attached hydrogens (tertiary/aromatic N) is 1. The van der Waals surface area contributed by atoms with Gasteiger partial charge in [0.15, 0.2) is 5.13 Å². The molecule has 0 atom stereocenters. The van der Waals surface area contributed by atoms with E-state index in [1.807, 2.05) is 24.5 Å². The number of anilines is 1. The molecule has 1 aromatic carbocycles. The molecule has 1 amide bonds. The van der Waals surface area contributed by atoms with Gasteiger partial charge < -0.3 is 5.32 Å². The minimum atomic E-state index is -0.302. The smallest absolute Gasteiger partial charge is 0.259 e. The summed E-state index contributed by atoms with van der Waals surface area (Å²) >= 11 is 1.31. The van der Waals surface area contributed by atoms with E-state index in [0.717, 1.165) is 5.56 Å². The Morgan fingerprint density at radius 2 is 2.00 bits per heavy atom. The normalized spacial score (nSPS) is 12.3. The van der Waals surface area contributed by atoms with Gasteiger partial charge in [0.2, 0.25) is 0 Å². The highest BCUT2D eigenvalue weighted by molar-refractivity contribution is 7.14. The van der Waals surface area contributed by atoms with Gasteiger partial charge in [0.25, 0.3) is 5.91 Å². The molecule has 0 unspecified atom stereocenters. The van der Waals surface area contributed by atoms with Crippen LogP contribution in [0.4, 0.5) is 9.52 Å². The summed E-state index contributed by atoms with van der Waals surface area (Å²) in [5.74, 6) is -0.598. The maximum atomic E-state index is 13.0. The molecule has 0 spiro atoms. The molecule has 6 heteroatoms. The largest absolute Gasteiger partial charge is 0.387 e. The van der Waals surface area contributed by atoms with E-state index in [9.17, 15) is 9.18 Å². The van der Waals surface area contributed by atoms with E-state index in [1.165, 1.54) is 23.5 Å². The standard InChI is InChI=1S/C20H20FN3OS/c1-4-6-8-17(22-3)16(7-5-2)19(25)24-20-23-18(13-26-20)14-9-11-15(21)12-10-14/h4-13,22H,2H2,1,3H3,(H,23,24,25)/b6-4-,16-7+,17-8+. The molecule has 0 aliphatic carbocycles. The van der Waals surface area contributed by atoms with Gasteiger partial charge in [0, 0.05) is 23.7 Å². The Bertz CT molecular complexity index is 863. The second kappa shape index (κ2) is 9.48. The topological polar surface area (TPSA) is 54.0 Å². The van der Waals surface area contributed by atoms with Crippen molar-refractivity contribution in [2.24, 2.45) is 0 Å². The Morgan fingerprint density at radius 1 is 1.27 bits per heavy atom. The van der Waals surface area contributed by atoms with Crippen LogP contribution in [0.3, 0.4) is 0 Å². The molecular weight excluding hydrogens is 349 g/mol. The number of carbonyl (C=O) groups excluding carboxylic acids is 1. The van der Waals surface area contributed by atoms with E-state index in [-0.39, 0.29) is 11.7 Å². The SMILES string of the molecule is C=C\C=C(C(=O)Nc1nc(-c2ccc(F)cc2)cs1)/C(=C\C=C/C)NC. The van der Waals surface area contributed by atoms with Crippen molar-refractivity contribution in [3.05, 3.63) is 83.7 Å². The number of aromatic nitrogens is 1. The molecule has 1 heterocycles. The first-order chi connectivity index (χ1) is 12.6. The average molecular weight is 369 g/mol. The van der Waals surface area contributed by atoms with E-state index in [4.69, 9.17) is 0 Å². The van der Waals surface area contributed by atoms with Crippen molar-refractivity contribution in [2.45, 2.75) is 6.92 Å². The summed E-state index contributed by atoms with van der Waals surface area (Å²) in [7, 11) is 1.75. The molecule has 0 fully saturated rings. The molecule has 134 valence electrons. The number of rotatable bonds is 7. The van der Waals surface area contributed by atoms with Gasteiger partial charge in [0.05, 0.1) is 11.3 Å². The Morgan fingerprint density at radius 3 is 2.62 bits per heavy atom. The monoisotopic (exact) mass is 369 g/mol. The van der Waals surface area contributed by atoms with Crippen LogP contribution in [0.5, 0.6) is 0 Å². The average Bonchev–Trinajstić information content (AvgIpc) is 3.10. The molecule has 0 aliphatic rings. The molecule has 0 saturated carbocycles. The number of benzene rings is 1. The summed E-state index contributed by atoms with van der Waals surface area (Å²) in [4.78, 5) is 17.0. The predicted octanol–water partition coefficient (Wildman–Crippen LogP) is 4.68. The van der Waals surface area contributed by atoms with E-state index >= 15 is 0 Å². The highest BCUT2D eigenvalue weighted by atomic mass is 32.1. The summed E-state index contributed by atoms with van der Waals surface area (Å²) in [5.41, 5.74) is 2.57. The van der Waals surface area contributed by atoms with Crippen molar-refractivity contribution in [1.29, 1.82) is 0 Å². The van der Waals surface area contributed by atoms with Crippen molar-refractivity contribution >= 4 is 22.4 Å². The summed E-state index contributed by atoms with van der Waals surface area (Å²) in [5, 5.41) is 8.08. The third kappa shape index (κ3) is 5.00. The number of hydrogen-bond donors (Lipinski definition) is 2. The molecule has 2 N–H and O–H groups in total. The lowest BCUT2D eigenvalue weighted by molar-refractivity contribution is -0.112. The van der Waals surface area contributed by atoms with Crippen LogP contribution in [0.2, 0.25) is 0 Å². The van der Waals surface area contributed by atoms with E-state index in [0.29, 0.717) is 22.1 Å². The van der Waals surface area contributed by atoms with Crippen LogP contribution in [0.1, 0.15) is 6.92 Å². The fourth-order valence-electron chi connectivity index (χ4n) is 2.15. The fourth-order valence-corrected chi connectivity index (χ4v) is 2.87. The number of thiazole rings is 1. The first-order valence-corrected chi connectivity index (χ1v) is 8.83. The summed E-state index contributed by atoms with van der Waals surface area (Å²) in [6.45, 7) is 5.56. The van der Waals surface area contributed by atoms with Gasteiger partial charge >= 0.3 is 0 Å². The molecular formula is C20H20FN3OS. The van der Waals surface area contributed by atoms with Gasteiger partial charge in [-0.3, -0.25) is 10.1 Å². The van der Waals surface area contributed by atoms with Gasteiger partial charge in [-0.1, -0.05) is 24.8 Å². The van der Waals surface area contributed by atoms with E-state index in [2.05, 4.69) is 22.2 Å². The number of allylic oxidation sites excluding steroid dienone is 5. The van der Waals surface area contributed by atoms with Crippen molar-refractivity contribution in [1.82, 2.24) is 10.3 Å². The zero-order valence-electron chi connectivity index (χ0n) is 14.6. The van der Waals surface area contributed by atoms with Crippen LogP contribution < -0.4 is 10.6 Å². The lowest BCUT2D eigenvalue weighted by Crippen LogP contribution is -2.21. The Hall–Kier alpha value is -2.99. The summed E-state index contributed by atoms with van der Waals surface area (Å²) in [6, 6.07) is 6.06. The zero-order chi connectivity index (χ0) is 18.9. The number of halogens is 1. The minimum absolute atomic E-state index is 0.296. The Kier molecular flexibility index (Phi) is 7.05. The van der Waals surface area contributed by atoms with Crippen molar-refractivity contribution < 1.29 is 9.18 Å². The van der Waals surface area contributed by atoms with Gasteiger partial charge in [0.1, 0.15) is 5.82 Å². The minimum Gasteiger partial charge on any atom is -0.387 e. The molecule has 26 heavy (non-hydrogen) atoms. The number of carbonyl (C=O) groups is 1. The summed E-state index contributed by atoms with van der Waals surface area (Å²) in [6.07, 6.45) is 8.71. The number of likely N-dealkylation sites (N-methyl/N-ethyl adjacent to an activating group) is 1. The van der Waals surface area contributed by atoms with E-state index in [1.54, 1.807) is 37.4 Å². The van der Waals surface area contributed by atoms with Gasteiger partial charge in [-0.25, -0.2) is 9.37 Å². The quantitative estimate of drug-likeness (QED) is 0.550. The van der Waals surface area contributed by atoms with Gasteiger partial charge in [-0.05, 0) is 43.3 Å². The maximum absolute atomic E-state index is 13.0. The molecule has 0 aliphatic heterocycles. The number of amides is 1. The van der Waals surface area contributed by atoms with Crippen molar-refractivity contribution in [3.63, 3.8) is 0 Å². The van der Waals surface area contributed by atoms with E-state index < -0.39 is 0 Å². The van der Waals surface area contributed by atoms with Crippen LogP contribution in [0.25, 0.3) is 11.3 Å². The number of nitrogens with one attached hydrogen (secondary N) is 2.